The summed E-state index contributed by atoms with van der Waals surface area (Å²) in [4.78, 5) is 11.1. The van der Waals surface area contributed by atoms with E-state index in [0.29, 0.717) is 24.0 Å². The van der Waals surface area contributed by atoms with E-state index < -0.39 is 0 Å². The Labute approximate surface area is 148 Å². The zero-order valence-corrected chi connectivity index (χ0v) is 15.4. The lowest BCUT2D eigenvalue weighted by Crippen LogP contribution is -2.15. The average molecular weight is 346 g/mol. The molecule has 0 aliphatic heterocycles. The summed E-state index contributed by atoms with van der Waals surface area (Å²) in [5.74, 6) is 1.01. The van der Waals surface area contributed by atoms with E-state index in [-0.39, 0.29) is 5.91 Å². The predicted octanol–water partition coefficient (Wildman–Crippen LogP) is 3.60. The number of benzene rings is 1. The van der Waals surface area contributed by atoms with Gasteiger partial charge in [0.05, 0.1) is 0 Å². The van der Waals surface area contributed by atoms with Crippen LogP contribution in [-0.4, -0.2) is 20.7 Å². The summed E-state index contributed by atoms with van der Waals surface area (Å²) in [6.45, 7) is 7.36. The van der Waals surface area contributed by atoms with Crippen LogP contribution in [0.25, 0.3) is 0 Å². The molecule has 1 heterocycles. The Kier molecular flexibility index (Phi) is 6.85. The Bertz CT molecular complexity index is 654. The Morgan fingerprint density at radius 3 is 2.54 bits per heavy atom. The van der Waals surface area contributed by atoms with Crippen molar-refractivity contribution < 1.29 is 4.79 Å². The molecule has 0 fully saturated rings. The number of carbonyl (C=O) groups is 1. The van der Waals surface area contributed by atoms with Gasteiger partial charge in [0.15, 0.2) is 5.16 Å². The van der Waals surface area contributed by atoms with Crippen LogP contribution in [0.5, 0.6) is 0 Å². The molecule has 1 atom stereocenters. The monoisotopic (exact) mass is 346 g/mol. The molecule has 0 radical (unpaired) electrons. The summed E-state index contributed by atoms with van der Waals surface area (Å²) in [7, 11) is 0. The van der Waals surface area contributed by atoms with Crippen molar-refractivity contribution in [2.24, 2.45) is 11.7 Å². The third kappa shape index (κ3) is 5.09. The molecule has 0 aliphatic carbocycles. The van der Waals surface area contributed by atoms with E-state index in [9.17, 15) is 4.79 Å². The molecule has 130 valence electrons. The number of nitrogens with two attached hydrogens (primary N) is 1. The van der Waals surface area contributed by atoms with Gasteiger partial charge in [0.1, 0.15) is 5.82 Å². The van der Waals surface area contributed by atoms with E-state index in [0.717, 1.165) is 23.9 Å². The van der Waals surface area contributed by atoms with Gasteiger partial charge in [-0.2, -0.15) is 0 Å². The van der Waals surface area contributed by atoms with Crippen LogP contribution in [0.1, 0.15) is 50.3 Å². The van der Waals surface area contributed by atoms with Crippen molar-refractivity contribution in [1.29, 1.82) is 0 Å². The van der Waals surface area contributed by atoms with Crippen LogP contribution in [-0.2, 0) is 17.8 Å². The summed E-state index contributed by atoms with van der Waals surface area (Å²) < 4.78 is 2.14. The number of rotatable bonds is 9. The van der Waals surface area contributed by atoms with Gasteiger partial charge in [-0.1, -0.05) is 62.9 Å². The highest BCUT2D eigenvalue weighted by atomic mass is 32.2. The van der Waals surface area contributed by atoms with Crippen molar-refractivity contribution in [2.45, 2.75) is 57.0 Å². The molecule has 0 saturated heterocycles. The zero-order valence-electron chi connectivity index (χ0n) is 14.6. The quantitative estimate of drug-likeness (QED) is 0.704. The Morgan fingerprint density at radius 1 is 1.25 bits per heavy atom. The minimum absolute atomic E-state index is 0.302. The standard InChI is InChI=1S/C18H26N4OS/c1-4-15(14-8-6-5-7-9-14)24-18-21-20-17(11-10-16(19)23)22(18)12-13(2)3/h5-9,13,15H,4,10-12H2,1-3H3,(H2,19,23)/t15-/m0/s1. The summed E-state index contributed by atoms with van der Waals surface area (Å²) in [5, 5.41) is 9.94. The van der Waals surface area contributed by atoms with E-state index in [1.165, 1.54) is 5.56 Å². The fourth-order valence-corrected chi connectivity index (χ4v) is 3.67. The third-order valence-corrected chi connectivity index (χ3v) is 5.13. The Hall–Kier alpha value is -1.82. The SMILES string of the molecule is CC[C@H](Sc1nnc(CCC(N)=O)n1CC(C)C)c1ccccc1. The highest BCUT2D eigenvalue weighted by Gasteiger charge is 2.19. The van der Waals surface area contributed by atoms with Crippen LogP contribution in [0.3, 0.4) is 0 Å². The van der Waals surface area contributed by atoms with Gasteiger partial charge in [-0.3, -0.25) is 4.79 Å². The molecule has 0 spiro atoms. The van der Waals surface area contributed by atoms with Gasteiger partial charge in [0.2, 0.25) is 5.91 Å². The van der Waals surface area contributed by atoms with E-state index in [4.69, 9.17) is 5.73 Å². The van der Waals surface area contributed by atoms with Crippen molar-refractivity contribution in [3.63, 3.8) is 0 Å². The van der Waals surface area contributed by atoms with Crippen molar-refractivity contribution in [1.82, 2.24) is 14.8 Å². The van der Waals surface area contributed by atoms with Crippen LogP contribution in [0, 0.1) is 5.92 Å². The van der Waals surface area contributed by atoms with Crippen molar-refractivity contribution in [3.05, 3.63) is 41.7 Å². The van der Waals surface area contributed by atoms with Crippen molar-refractivity contribution in [3.8, 4) is 0 Å². The van der Waals surface area contributed by atoms with Gasteiger partial charge < -0.3 is 10.3 Å². The van der Waals surface area contributed by atoms with Gasteiger partial charge in [-0.25, -0.2) is 0 Å². The molecule has 1 aromatic heterocycles. The van der Waals surface area contributed by atoms with Gasteiger partial charge >= 0.3 is 0 Å². The molecule has 2 aromatic rings. The van der Waals surface area contributed by atoms with Gasteiger partial charge in [0.25, 0.3) is 0 Å². The molecule has 2 N–H and O–H groups in total. The molecule has 1 aromatic carbocycles. The van der Waals surface area contributed by atoms with Crippen LogP contribution < -0.4 is 5.73 Å². The van der Waals surface area contributed by atoms with Crippen molar-refractivity contribution in [2.75, 3.05) is 0 Å². The number of carbonyl (C=O) groups excluding carboxylic acids is 1. The maximum Gasteiger partial charge on any atom is 0.217 e. The van der Waals surface area contributed by atoms with Gasteiger partial charge in [0, 0.05) is 24.6 Å². The topological polar surface area (TPSA) is 73.8 Å². The maximum atomic E-state index is 11.1. The molecular weight excluding hydrogens is 320 g/mol. The summed E-state index contributed by atoms with van der Waals surface area (Å²) in [6.07, 6.45) is 1.86. The lowest BCUT2D eigenvalue weighted by Gasteiger charge is -2.17. The largest absolute Gasteiger partial charge is 0.370 e. The number of amides is 1. The number of nitrogens with zero attached hydrogens (tertiary/aromatic N) is 3. The second-order valence-corrected chi connectivity index (χ2v) is 7.46. The van der Waals surface area contributed by atoms with E-state index in [1.54, 1.807) is 11.8 Å². The first kappa shape index (κ1) is 18.5. The highest BCUT2D eigenvalue weighted by Crippen LogP contribution is 2.37. The molecule has 24 heavy (non-hydrogen) atoms. The molecule has 0 aliphatic rings. The minimum atomic E-state index is -0.306. The molecule has 2 rings (SSSR count). The van der Waals surface area contributed by atoms with E-state index in [1.807, 2.05) is 6.07 Å². The van der Waals surface area contributed by atoms with E-state index in [2.05, 4.69) is 59.8 Å². The van der Waals surface area contributed by atoms with Crippen molar-refractivity contribution >= 4 is 17.7 Å². The number of thioether (sulfide) groups is 1. The number of primary amides is 1. The first-order valence-corrected chi connectivity index (χ1v) is 9.31. The summed E-state index contributed by atoms with van der Waals surface area (Å²) >= 11 is 1.74. The normalized spacial score (nSPS) is 12.5. The molecule has 1 amide bonds. The fraction of sp³-hybridized carbons (Fsp3) is 0.500. The lowest BCUT2D eigenvalue weighted by molar-refractivity contribution is -0.118. The van der Waals surface area contributed by atoms with Gasteiger partial charge in [-0.05, 0) is 17.9 Å². The summed E-state index contributed by atoms with van der Waals surface area (Å²) in [5.41, 5.74) is 6.57. The molecule has 5 nitrogen and oxygen atoms in total. The second kappa shape index (κ2) is 8.87. The van der Waals surface area contributed by atoms with Crippen LogP contribution in [0.2, 0.25) is 0 Å². The summed E-state index contributed by atoms with van der Waals surface area (Å²) in [6, 6.07) is 10.5. The number of aryl methyl sites for hydroxylation is 1. The lowest BCUT2D eigenvalue weighted by atomic mass is 10.1. The number of aromatic nitrogens is 3. The first-order valence-electron chi connectivity index (χ1n) is 8.43. The van der Waals surface area contributed by atoms with Crippen LogP contribution in [0.15, 0.2) is 35.5 Å². The highest BCUT2D eigenvalue weighted by molar-refractivity contribution is 7.99. The fourth-order valence-electron chi connectivity index (χ4n) is 2.56. The predicted molar refractivity (Wildman–Crippen MR) is 97.7 cm³/mol. The first-order chi connectivity index (χ1) is 11.5. The zero-order chi connectivity index (χ0) is 17.5. The Balaban J connectivity index is 2.23. The van der Waals surface area contributed by atoms with Crippen LogP contribution in [0.4, 0.5) is 0 Å². The minimum Gasteiger partial charge on any atom is -0.370 e. The van der Waals surface area contributed by atoms with Crippen LogP contribution >= 0.6 is 11.8 Å². The molecule has 6 heteroatoms. The Morgan fingerprint density at radius 2 is 1.96 bits per heavy atom. The maximum absolute atomic E-state index is 11.1. The van der Waals surface area contributed by atoms with E-state index >= 15 is 0 Å². The number of hydrogen-bond acceptors (Lipinski definition) is 4. The molecular formula is C18H26N4OS. The smallest absolute Gasteiger partial charge is 0.217 e. The average Bonchev–Trinajstić information content (AvgIpc) is 2.92. The van der Waals surface area contributed by atoms with Gasteiger partial charge in [-0.15, -0.1) is 10.2 Å². The second-order valence-electron chi connectivity index (χ2n) is 6.29. The third-order valence-electron chi connectivity index (χ3n) is 3.73. The molecule has 0 unspecified atom stereocenters. The molecule has 0 bridgehead atoms. The number of hydrogen-bond donors (Lipinski definition) is 1. The molecule has 0 saturated carbocycles.